The van der Waals surface area contributed by atoms with Crippen molar-refractivity contribution in [3.63, 3.8) is 0 Å². The molecule has 0 amide bonds. The lowest BCUT2D eigenvalue weighted by atomic mass is 10.2. The van der Waals surface area contributed by atoms with Crippen LogP contribution in [0.5, 0.6) is 5.75 Å². The summed E-state index contributed by atoms with van der Waals surface area (Å²) >= 11 is 0. The Morgan fingerprint density at radius 1 is 1.33 bits per heavy atom. The first-order valence-electron chi connectivity index (χ1n) is 5.78. The Bertz CT molecular complexity index is 608. The molecule has 18 heavy (non-hydrogen) atoms. The number of aromatic nitrogens is 1. The molecule has 0 fully saturated rings. The zero-order chi connectivity index (χ0) is 13.5. The van der Waals surface area contributed by atoms with Gasteiger partial charge < -0.3 is 4.74 Å². The molecule has 0 N–H and O–H groups in total. The van der Waals surface area contributed by atoms with Crippen LogP contribution in [0, 0.1) is 5.82 Å². The van der Waals surface area contributed by atoms with Crippen LogP contribution in [0.25, 0.3) is 10.9 Å². The van der Waals surface area contributed by atoms with Crippen LogP contribution in [-0.4, -0.2) is 16.1 Å². The lowest BCUT2D eigenvalue weighted by Gasteiger charge is -2.21. The predicted octanol–water partition coefficient (Wildman–Crippen LogP) is 3.62. The van der Waals surface area contributed by atoms with E-state index in [0.717, 1.165) is 5.39 Å². The van der Waals surface area contributed by atoms with Crippen molar-refractivity contribution < 1.29 is 13.9 Å². The van der Waals surface area contributed by atoms with Gasteiger partial charge in [0.05, 0.1) is 5.52 Å². The Hall–Kier alpha value is -1.84. The van der Waals surface area contributed by atoms with E-state index in [-0.39, 0.29) is 11.7 Å². The first kappa shape index (κ1) is 12.6. The average Bonchev–Trinajstić information content (AvgIpc) is 2.59. The lowest BCUT2D eigenvalue weighted by Crippen LogP contribution is -2.23. The molecule has 1 aromatic heterocycles. The molecule has 0 aliphatic rings. The molecular formula is C14H16FNO2. The summed E-state index contributed by atoms with van der Waals surface area (Å²) in [6, 6.07) is 4.72. The Morgan fingerprint density at radius 3 is 2.56 bits per heavy atom. The molecule has 0 spiro atoms. The molecule has 0 saturated heterocycles. The Kier molecular flexibility index (Phi) is 2.89. The SMILES string of the molecule is CC(=O)n1ccc2cc(OC(C)(C)C)c(F)cc21. The van der Waals surface area contributed by atoms with Gasteiger partial charge in [-0.2, -0.15) is 0 Å². The topological polar surface area (TPSA) is 31.2 Å². The molecule has 0 saturated carbocycles. The number of fused-ring (bicyclic) bond motifs is 1. The summed E-state index contributed by atoms with van der Waals surface area (Å²) in [5, 5.41) is 0.783. The molecule has 0 bridgehead atoms. The molecule has 0 unspecified atom stereocenters. The van der Waals surface area contributed by atoms with E-state index in [1.54, 1.807) is 18.3 Å². The Morgan fingerprint density at radius 2 is 2.00 bits per heavy atom. The van der Waals surface area contributed by atoms with Crippen molar-refractivity contribution in [2.45, 2.75) is 33.3 Å². The third kappa shape index (κ3) is 2.37. The van der Waals surface area contributed by atoms with Crippen LogP contribution >= 0.6 is 0 Å². The highest BCUT2D eigenvalue weighted by Crippen LogP contribution is 2.28. The predicted molar refractivity (Wildman–Crippen MR) is 68.6 cm³/mol. The van der Waals surface area contributed by atoms with Crippen molar-refractivity contribution in [3.05, 3.63) is 30.2 Å². The van der Waals surface area contributed by atoms with E-state index in [4.69, 9.17) is 4.74 Å². The minimum Gasteiger partial charge on any atom is -0.485 e. The average molecular weight is 249 g/mol. The number of nitrogens with zero attached hydrogens (tertiary/aromatic N) is 1. The maximum absolute atomic E-state index is 13.9. The fraction of sp³-hybridized carbons (Fsp3) is 0.357. The lowest BCUT2D eigenvalue weighted by molar-refractivity contribution is 0.0941. The van der Waals surface area contributed by atoms with E-state index in [2.05, 4.69) is 0 Å². The van der Waals surface area contributed by atoms with Gasteiger partial charge in [0.1, 0.15) is 5.60 Å². The van der Waals surface area contributed by atoms with Gasteiger partial charge in [-0.05, 0) is 32.9 Å². The van der Waals surface area contributed by atoms with Crippen LogP contribution in [0.1, 0.15) is 32.5 Å². The normalized spacial score (nSPS) is 11.8. The third-order valence-electron chi connectivity index (χ3n) is 2.50. The third-order valence-corrected chi connectivity index (χ3v) is 2.50. The second-order valence-electron chi connectivity index (χ2n) is 5.26. The van der Waals surface area contributed by atoms with Crippen LogP contribution < -0.4 is 4.74 Å². The second kappa shape index (κ2) is 4.12. The number of hydrogen-bond donors (Lipinski definition) is 0. The summed E-state index contributed by atoms with van der Waals surface area (Å²) in [6.07, 6.45) is 1.63. The van der Waals surface area contributed by atoms with Crippen LogP contribution in [-0.2, 0) is 0 Å². The summed E-state index contributed by atoms with van der Waals surface area (Å²) in [5.41, 5.74) is 0.0961. The summed E-state index contributed by atoms with van der Waals surface area (Å²) in [4.78, 5) is 11.4. The molecule has 0 aliphatic heterocycles. The fourth-order valence-corrected chi connectivity index (χ4v) is 1.82. The summed E-state index contributed by atoms with van der Waals surface area (Å²) in [5.74, 6) is -0.399. The van der Waals surface area contributed by atoms with Crippen LogP contribution in [0.4, 0.5) is 4.39 Å². The molecule has 0 aliphatic carbocycles. The van der Waals surface area contributed by atoms with Gasteiger partial charge in [0.15, 0.2) is 11.6 Å². The van der Waals surface area contributed by atoms with E-state index in [1.807, 2.05) is 20.8 Å². The van der Waals surface area contributed by atoms with Gasteiger partial charge in [-0.3, -0.25) is 9.36 Å². The monoisotopic (exact) mass is 249 g/mol. The maximum atomic E-state index is 13.9. The second-order valence-corrected chi connectivity index (χ2v) is 5.26. The summed E-state index contributed by atoms with van der Waals surface area (Å²) in [6.45, 7) is 7.02. The summed E-state index contributed by atoms with van der Waals surface area (Å²) in [7, 11) is 0. The van der Waals surface area contributed by atoms with E-state index < -0.39 is 11.4 Å². The van der Waals surface area contributed by atoms with Crippen molar-refractivity contribution in [1.82, 2.24) is 4.57 Å². The Labute approximate surface area is 105 Å². The van der Waals surface area contributed by atoms with Crippen LogP contribution in [0.3, 0.4) is 0 Å². The highest BCUT2D eigenvalue weighted by atomic mass is 19.1. The minimum absolute atomic E-state index is 0.145. The number of carbonyl (C=O) groups excluding carboxylic acids is 1. The van der Waals surface area contributed by atoms with Gasteiger partial charge >= 0.3 is 0 Å². The highest BCUT2D eigenvalue weighted by Gasteiger charge is 2.17. The number of ether oxygens (including phenoxy) is 1. The fourth-order valence-electron chi connectivity index (χ4n) is 1.82. The van der Waals surface area contributed by atoms with Gasteiger partial charge in [0.25, 0.3) is 0 Å². The minimum atomic E-state index is -0.461. The van der Waals surface area contributed by atoms with Crippen LogP contribution in [0.2, 0.25) is 0 Å². The van der Waals surface area contributed by atoms with Gasteiger partial charge in [-0.15, -0.1) is 0 Å². The number of hydrogen-bond acceptors (Lipinski definition) is 2. The van der Waals surface area contributed by atoms with Gasteiger partial charge in [0, 0.05) is 24.6 Å². The highest BCUT2D eigenvalue weighted by molar-refractivity contribution is 5.92. The zero-order valence-electron chi connectivity index (χ0n) is 11.0. The molecule has 4 heteroatoms. The number of benzene rings is 1. The van der Waals surface area contributed by atoms with Crippen molar-refractivity contribution in [3.8, 4) is 5.75 Å². The Balaban J connectivity index is 2.54. The first-order chi connectivity index (χ1) is 8.28. The van der Waals surface area contributed by atoms with Crippen molar-refractivity contribution >= 4 is 16.8 Å². The molecule has 3 nitrogen and oxygen atoms in total. The molecule has 1 aromatic carbocycles. The van der Waals surface area contributed by atoms with Crippen molar-refractivity contribution in [2.75, 3.05) is 0 Å². The summed E-state index contributed by atoms with van der Waals surface area (Å²) < 4.78 is 20.9. The first-order valence-corrected chi connectivity index (χ1v) is 5.78. The van der Waals surface area contributed by atoms with Gasteiger partial charge in [0.2, 0.25) is 5.91 Å². The van der Waals surface area contributed by atoms with E-state index in [0.29, 0.717) is 5.52 Å². The maximum Gasteiger partial charge on any atom is 0.227 e. The molecule has 0 atom stereocenters. The number of carbonyl (C=O) groups is 1. The van der Waals surface area contributed by atoms with Gasteiger partial charge in [-0.1, -0.05) is 0 Å². The number of halogens is 1. The van der Waals surface area contributed by atoms with Crippen molar-refractivity contribution in [1.29, 1.82) is 0 Å². The molecule has 2 rings (SSSR count). The van der Waals surface area contributed by atoms with E-state index in [9.17, 15) is 9.18 Å². The standard InChI is InChI=1S/C14H16FNO2/c1-9(17)16-6-5-10-7-13(18-14(2,3)4)11(15)8-12(10)16/h5-8H,1-4H3. The van der Waals surface area contributed by atoms with Crippen molar-refractivity contribution in [2.24, 2.45) is 0 Å². The molecular weight excluding hydrogens is 233 g/mol. The van der Waals surface area contributed by atoms with Crippen LogP contribution in [0.15, 0.2) is 24.4 Å². The quantitative estimate of drug-likeness (QED) is 0.773. The number of rotatable bonds is 1. The zero-order valence-corrected chi connectivity index (χ0v) is 11.0. The van der Waals surface area contributed by atoms with E-state index >= 15 is 0 Å². The molecule has 2 aromatic rings. The van der Waals surface area contributed by atoms with Gasteiger partial charge in [-0.25, -0.2) is 4.39 Å². The molecule has 0 radical (unpaired) electrons. The molecule has 96 valence electrons. The largest absolute Gasteiger partial charge is 0.485 e. The molecule has 1 heterocycles. The smallest absolute Gasteiger partial charge is 0.227 e. The van der Waals surface area contributed by atoms with E-state index in [1.165, 1.54) is 17.6 Å².